The maximum atomic E-state index is 11.6. The van der Waals surface area contributed by atoms with Crippen molar-refractivity contribution in [1.82, 2.24) is 9.97 Å². The summed E-state index contributed by atoms with van der Waals surface area (Å²) in [5.41, 5.74) is 1.52. The number of sulfone groups is 1. The van der Waals surface area contributed by atoms with E-state index in [1.165, 1.54) is 6.26 Å². The largest absolute Gasteiger partial charge is 0.362 e. The first-order valence-electron chi connectivity index (χ1n) is 9.44. The highest BCUT2D eigenvalue weighted by molar-refractivity contribution is 7.90. The lowest BCUT2D eigenvalue weighted by atomic mass is 9.83. The van der Waals surface area contributed by atoms with Crippen LogP contribution in [0.15, 0.2) is 40.5 Å². The number of hydrazone groups is 1. The van der Waals surface area contributed by atoms with Crippen molar-refractivity contribution >= 4 is 39.7 Å². The van der Waals surface area contributed by atoms with Crippen molar-refractivity contribution in [2.24, 2.45) is 16.9 Å². The Morgan fingerprint density at radius 2 is 2.07 bits per heavy atom. The van der Waals surface area contributed by atoms with Gasteiger partial charge in [0.1, 0.15) is 11.8 Å². The Labute approximate surface area is 169 Å². The summed E-state index contributed by atoms with van der Waals surface area (Å²) < 4.78 is 24.9. The summed E-state index contributed by atoms with van der Waals surface area (Å²) in [4.78, 5) is 9.14. The first kappa shape index (κ1) is 19.2. The number of aromatic nitrogens is 2. The fourth-order valence-corrected chi connectivity index (χ4v) is 4.23. The Bertz CT molecular complexity index is 1130. The summed E-state index contributed by atoms with van der Waals surface area (Å²) in [7, 11) is -3.23. The molecule has 29 heavy (non-hydrogen) atoms. The average molecular weight is 409 g/mol. The molecular formula is C20H21N6O2S+. The van der Waals surface area contributed by atoms with Gasteiger partial charge in [-0.1, -0.05) is 11.5 Å². The molecule has 1 unspecified atom stereocenters. The van der Waals surface area contributed by atoms with Gasteiger partial charge in [0.15, 0.2) is 9.84 Å². The predicted octanol–water partition coefficient (Wildman–Crippen LogP) is 3.02. The summed E-state index contributed by atoms with van der Waals surface area (Å²) in [5.74, 6) is 1.49. The molecule has 2 aliphatic rings. The molecule has 1 aliphatic heterocycles. The number of nitrogens with one attached hydrogen (secondary N) is 1. The summed E-state index contributed by atoms with van der Waals surface area (Å²) in [6.45, 7) is 0. The summed E-state index contributed by atoms with van der Waals surface area (Å²) in [5, 5.41) is 16.7. The van der Waals surface area contributed by atoms with Gasteiger partial charge in [-0.15, -0.1) is 4.68 Å². The van der Waals surface area contributed by atoms with Crippen molar-refractivity contribution in [1.29, 1.82) is 5.26 Å². The minimum absolute atomic E-state index is 0.105. The highest BCUT2D eigenvalue weighted by atomic mass is 32.2. The zero-order chi connectivity index (χ0) is 20.4. The molecule has 1 aromatic heterocycles. The summed E-state index contributed by atoms with van der Waals surface area (Å²) >= 11 is 0. The van der Waals surface area contributed by atoms with Gasteiger partial charge in [0.05, 0.1) is 23.4 Å². The van der Waals surface area contributed by atoms with Crippen LogP contribution in [0, 0.1) is 23.2 Å². The number of anilines is 2. The third-order valence-corrected chi connectivity index (χ3v) is 6.25. The van der Waals surface area contributed by atoms with Crippen molar-refractivity contribution in [2.45, 2.75) is 30.6 Å². The first-order valence-corrected chi connectivity index (χ1v) is 11.3. The standard InChI is InChI=1S/C20H21N6O2S/c1-29(27,28)18-7-5-17(6-8-18)24-20-22-11-16-12-23-26(19(16)25-20)13-15-4-2-3-14(9-15)10-21/h5-8,11-15H,2-4,9H2,1H3,(H,22,24,25)/q+1/b26-13+/t14-,15?/m1/s1. The van der Waals surface area contributed by atoms with E-state index in [0.29, 0.717) is 23.4 Å². The quantitative estimate of drug-likeness (QED) is 0.777. The smallest absolute Gasteiger partial charge is 0.303 e. The number of fused-ring (bicyclic) bond motifs is 1. The van der Waals surface area contributed by atoms with Crippen LogP contribution in [0.25, 0.3) is 0 Å². The first-order chi connectivity index (χ1) is 13.9. The lowest BCUT2D eigenvalue weighted by molar-refractivity contribution is -0.442. The number of nitrogens with zero attached hydrogens (tertiary/aromatic N) is 5. The molecule has 0 spiro atoms. The van der Waals surface area contributed by atoms with Crippen LogP contribution >= 0.6 is 0 Å². The zero-order valence-electron chi connectivity index (χ0n) is 16.0. The third kappa shape index (κ3) is 4.32. The molecule has 1 saturated carbocycles. The maximum absolute atomic E-state index is 11.6. The van der Waals surface area contributed by atoms with Crippen LogP contribution < -0.4 is 5.32 Å². The minimum atomic E-state index is -3.23. The van der Waals surface area contributed by atoms with E-state index in [1.807, 2.05) is 6.21 Å². The van der Waals surface area contributed by atoms with Gasteiger partial charge in [0, 0.05) is 28.8 Å². The monoisotopic (exact) mass is 409 g/mol. The Hall–Kier alpha value is -3.12. The van der Waals surface area contributed by atoms with Gasteiger partial charge in [-0.2, -0.15) is 10.2 Å². The Balaban J connectivity index is 1.54. The van der Waals surface area contributed by atoms with Crippen molar-refractivity contribution in [2.75, 3.05) is 11.6 Å². The second-order valence-electron chi connectivity index (χ2n) is 7.39. The SMILES string of the molecule is CS(=O)(=O)c1ccc(Nc2ncc3c(n2)/[N+](=C\C2CCC[C@@H](C#N)C2)N=C3)cc1. The maximum Gasteiger partial charge on any atom is 0.362 e. The van der Waals surface area contributed by atoms with E-state index >= 15 is 0 Å². The predicted molar refractivity (Wildman–Crippen MR) is 110 cm³/mol. The minimum Gasteiger partial charge on any atom is -0.303 e. The molecule has 0 bridgehead atoms. The number of benzene rings is 1. The molecule has 0 amide bonds. The van der Waals surface area contributed by atoms with Crippen molar-refractivity contribution in [3.05, 3.63) is 36.0 Å². The van der Waals surface area contributed by atoms with E-state index in [0.717, 1.165) is 31.2 Å². The molecule has 9 heteroatoms. The molecule has 4 rings (SSSR count). The van der Waals surface area contributed by atoms with Crippen molar-refractivity contribution in [3.8, 4) is 6.07 Å². The summed E-state index contributed by atoms with van der Waals surface area (Å²) in [6.07, 6.45) is 10.5. The average Bonchev–Trinajstić information content (AvgIpc) is 3.10. The molecule has 148 valence electrons. The van der Waals surface area contributed by atoms with Gasteiger partial charge in [-0.25, -0.2) is 8.42 Å². The van der Waals surface area contributed by atoms with Crippen LogP contribution in [0.1, 0.15) is 31.2 Å². The fourth-order valence-electron chi connectivity index (χ4n) is 3.60. The zero-order valence-corrected chi connectivity index (χ0v) is 16.8. The number of hydrogen-bond donors (Lipinski definition) is 1. The van der Waals surface area contributed by atoms with Crippen molar-refractivity contribution < 1.29 is 13.1 Å². The molecule has 1 N–H and O–H groups in total. The number of rotatable bonds is 4. The second kappa shape index (κ2) is 7.72. The van der Waals surface area contributed by atoms with E-state index in [-0.39, 0.29) is 10.8 Å². The Morgan fingerprint density at radius 1 is 1.28 bits per heavy atom. The van der Waals surface area contributed by atoms with E-state index < -0.39 is 9.84 Å². The van der Waals surface area contributed by atoms with Crippen LogP contribution in [0.2, 0.25) is 0 Å². The molecule has 8 nitrogen and oxygen atoms in total. The molecule has 1 fully saturated rings. The van der Waals surface area contributed by atoms with Gasteiger partial charge in [0.2, 0.25) is 0 Å². The van der Waals surface area contributed by atoms with Crippen LogP contribution in [-0.2, 0) is 9.84 Å². The lowest BCUT2D eigenvalue weighted by Crippen LogP contribution is -2.18. The molecule has 2 heterocycles. The molecule has 0 radical (unpaired) electrons. The highest BCUT2D eigenvalue weighted by Gasteiger charge is 2.28. The third-order valence-electron chi connectivity index (χ3n) is 5.12. The van der Waals surface area contributed by atoms with Crippen LogP contribution in [0.3, 0.4) is 0 Å². The molecule has 2 atom stereocenters. The molecule has 1 aliphatic carbocycles. The number of nitriles is 1. The molecule has 0 saturated heterocycles. The van der Waals surface area contributed by atoms with E-state index in [9.17, 15) is 13.7 Å². The molecule has 2 aromatic rings. The van der Waals surface area contributed by atoms with E-state index in [2.05, 4.69) is 26.5 Å². The van der Waals surface area contributed by atoms with Crippen molar-refractivity contribution in [3.63, 3.8) is 0 Å². The van der Waals surface area contributed by atoms with E-state index in [4.69, 9.17) is 0 Å². The topological polar surface area (TPSA) is 111 Å². The number of hydrogen-bond acceptors (Lipinski definition) is 7. The Morgan fingerprint density at radius 3 is 2.79 bits per heavy atom. The van der Waals surface area contributed by atoms with E-state index in [1.54, 1.807) is 41.4 Å². The van der Waals surface area contributed by atoms with Crippen LogP contribution in [-0.4, -0.2) is 41.8 Å². The fraction of sp³-hybridized carbons (Fsp3) is 0.350. The molecule has 1 aromatic carbocycles. The highest BCUT2D eigenvalue weighted by Crippen LogP contribution is 2.29. The van der Waals surface area contributed by atoms with Crippen LogP contribution in [0.4, 0.5) is 17.5 Å². The van der Waals surface area contributed by atoms with Gasteiger partial charge >= 0.3 is 11.8 Å². The normalized spacial score (nSPS) is 22.3. The van der Waals surface area contributed by atoms with Gasteiger partial charge in [0.25, 0.3) is 0 Å². The molecular weight excluding hydrogens is 388 g/mol. The van der Waals surface area contributed by atoms with Gasteiger partial charge in [-0.3, -0.25) is 0 Å². The van der Waals surface area contributed by atoms with Gasteiger partial charge < -0.3 is 5.32 Å². The lowest BCUT2D eigenvalue weighted by Gasteiger charge is -2.20. The summed E-state index contributed by atoms with van der Waals surface area (Å²) in [6, 6.07) is 8.82. The van der Waals surface area contributed by atoms with Gasteiger partial charge in [-0.05, 0) is 43.5 Å². The second-order valence-corrected chi connectivity index (χ2v) is 9.40. The Kier molecular flexibility index (Phi) is 5.11. The van der Waals surface area contributed by atoms with Crippen LogP contribution in [0.5, 0.6) is 0 Å².